The van der Waals surface area contributed by atoms with E-state index in [9.17, 15) is 9.18 Å². The predicted octanol–water partition coefficient (Wildman–Crippen LogP) is 4.33. The number of hydrogen-bond acceptors (Lipinski definition) is 3. The van der Waals surface area contributed by atoms with Gasteiger partial charge < -0.3 is 9.88 Å². The van der Waals surface area contributed by atoms with Gasteiger partial charge in [-0.15, -0.1) is 10.2 Å². The summed E-state index contributed by atoms with van der Waals surface area (Å²) in [7, 11) is 0. The van der Waals surface area contributed by atoms with Crippen molar-refractivity contribution in [3.63, 3.8) is 0 Å². The Morgan fingerprint density at radius 2 is 2.00 bits per heavy atom. The maximum absolute atomic E-state index is 14.2. The number of halogens is 1. The quantitative estimate of drug-likeness (QED) is 0.887. The van der Waals surface area contributed by atoms with E-state index >= 15 is 0 Å². The normalized spacial score (nSPS) is 17.7. The second-order valence-corrected chi connectivity index (χ2v) is 7.50. The highest BCUT2D eigenvalue weighted by molar-refractivity contribution is 5.91. The minimum absolute atomic E-state index is 0.104. The van der Waals surface area contributed by atoms with Crippen molar-refractivity contribution in [1.82, 2.24) is 14.8 Å². The molecule has 1 saturated carbocycles. The van der Waals surface area contributed by atoms with Crippen LogP contribution in [0.4, 0.5) is 10.1 Å². The van der Waals surface area contributed by atoms with E-state index in [1.807, 2.05) is 0 Å². The standard InChI is InChI=1S/C20H25FN4O/c21-16-10-9-15(20-24-23-18-8-2-1-5-11-25(18)20)13-17(16)22-19(26)12-14-6-3-4-7-14/h9-10,13-14H,1-8,11-12H2,(H,22,26). The minimum Gasteiger partial charge on any atom is -0.324 e. The number of rotatable bonds is 4. The number of nitrogens with zero attached hydrogens (tertiary/aromatic N) is 3. The Morgan fingerprint density at radius 1 is 1.15 bits per heavy atom. The van der Waals surface area contributed by atoms with Gasteiger partial charge in [-0.2, -0.15) is 0 Å². The number of carbonyl (C=O) groups excluding carboxylic acids is 1. The van der Waals surface area contributed by atoms with Gasteiger partial charge in [-0.1, -0.05) is 19.3 Å². The maximum Gasteiger partial charge on any atom is 0.224 e. The van der Waals surface area contributed by atoms with Crippen molar-refractivity contribution >= 4 is 11.6 Å². The summed E-state index contributed by atoms with van der Waals surface area (Å²) in [6, 6.07) is 4.80. The van der Waals surface area contributed by atoms with Gasteiger partial charge in [-0.05, 0) is 49.8 Å². The summed E-state index contributed by atoms with van der Waals surface area (Å²) in [5.74, 6) is 1.67. The van der Waals surface area contributed by atoms with E-state index in [-0.39, 0.29) is 11.6 Å². The average Bonchev–Trinajstić information content (AvgIpc) is 3.21. The van der Waals surface area contributed by atoms with Crippen LogP contribution < -0.4 is 5.32 Å². The van der Waals surface area contributed by atoms with Crippen molar-refractivity contribution in [1.29, 1.82) is 0 Å². The first-order valence-corrected chi connectivity index (χ1v) is 9.72. The second-order valence-electron chi connectivity index (χ2n) is 7.50. The van der Waals surface area contributed by atoms with E-state index < -0.39 is 5.82 Å². The van der Waals surface area contributed by atoms with Crippen LogP contribution in [-0.2, 0) is 17.8 Å². The van der Waals surface area contributed by atoms with E-state index in [0.717, 1.165) is 55.9 Å². The van der Waals surface area contributed by atoms with Crippen LogP contribution in [0.15, 0.2) is 18.2 Å². The average molecular weight is 356 g/mol. The van der Waals surface area contributed by atoms with Gasteiger partial charge in [0, 0.05) is 24.9 Å². The number of fused-ring (bicyclic) bond motifs is 1. The summed E-state index contributed by atoms with van der Waals surface area (Å²) >= 11 is 0. The zero-order valence-corrected chi connectivity index (χ0v) is 15.0. The largest absolute Gasteiger partial charge is 0.324 e. The predicted molar refractivity (Wildman–Crippen MR) is 98.2 cm³/mol. The summed E-state index contributed by atoms with van der Waals surface area (Å²) < 4.78 is 16.4. The Kier molecular flexibility index (Phi) is 5.00. The lowest BCUT2D eigenvalue weighted by Gasteiger charge is -2.12. The lowest BCUT2D eigenvalue weighted by atomic mass is 10.0. The molecule has 1 amide bonds. The topological polar surface area (TPSA) is 59.8 Å². The molecule has 0 radical (unpaired) electrons. The maximum atomic E-state index is 14.2. The summed E-state index contributed by atoms with van der Waals surface area (Å²) in [5, 5.41) is 11.4. The Hall–Kier alpha value is -2.24. The molecule has 6 heteroatoms. The molecule has 0 spiro atoms. The van der Waals surface area contributed by atoms with E-state index in [1.165, 1.54) is 25.3 Å². The van der Waals surface area contributed by atoms with Crippen LogP contribution >= 0.6 is 0 Å². The third-order valence-electron chi connectivity index (χ3n) is 5.56. The monoisotopic (exact) mass is 356 g/mol. The molecule has 1 aromatic heterocycles. The molecule has 1 aliphatic carbocycles. The molecule has 2 aromatic rings. The molecule has 1 aromatic carbocycles. The van der Waals surface area contributed by atoms with Gasteiger partial charge in [-0.3, -0.25) is 4.79 Å². The number of aromatic nitrogens is 3. The fourth-order valence-electron chi connectivity index (χ4n) is 4.14. The summed E-state index contributed by atoms with van der Waals surface area (Å²) in [5.41, 5.74) is 1.03. The van der Waals surface area contributed by atoms with Gasteiger partial charge in [0.25, 0.3) is 0 Å². The molecule has 26 heavy (non-hydrogen) atoms. The molecular weight excluding hydrogens is 331 g/mol. The van der Waals surface area contributed by atoms with Crippen LogP contribution in [-0.4, -0.2) is 20.7 Å². The van der Waals surface area contributed by atoms with Crippen LogP contribution in [0.25, 0.3) is 11.4 Å². The van der Waals surface area contributed by atoms with Gasteiger partial charge >= 0.3 is 0 Å². The van der Waals surface area contributed by atoms with Gasteiger partial charge in [0.1, 0.15) is 11.6 Å². The Morgan fingerprint density at radius 3 is 2.85 bits per heavy atom. The SMILES string of the molecule is O=C(CC1CCCC1)Nc1cc(-c2nnc3n2CCCCC3)ccc1F. The zero-order valence-electron chi connectivity index (χ0n) is 15.0. The van der Waals surface area contributed by atoms with Crippen molar-refractivity contribution in [3.05, 3.63) is 29.8 Å². The van der Waals surface area contributed by atoms with Crippen LogP contribution in [0.2, 0.25) is 0 Å². The molecule has 138 valence electrons. The number of anilines is 1. The molecule has 0 bridgehead atoms. The summed E-state index contributed by atoms with van der Waals surface area (Å²) in [6.45, 7) is 0.887. The molecule has 1 aliphatic heterocycles. The van der Waals surface area contributed by atoms with E-state index in [4.69, 9.17) is 0 Å². The van der Waals surface area contributed by atoms with Gasteiger partial charge in [0.05, 0.1) is 5.69 Å². The third kappa shape index (κ3) is 3.64. The second kappa shape index (κ2) is 7.56. The lowest BCUT2D eigenvalue weighted by molar-refractivity contribution is -0.117. The number of benzene rings is 1. The Balaban J connectivity index is 1.54. The highest BCUT2D eigenvalue weighted by Gasteiger charge is 2.20. The minimum atomic E-state index is -0.413. The Bertz CT molecular complexity index is 795. The van der Waals surface area contributed by atoms with Crippen molar-refractivity contribution in [3.8, 4) is 11.4 Å². The molecular formula is C20H25FN4O. The van der Waals surface area contributed by atoms with E-state index in [2.05, 4.69) is 20.1 Å². The first-order chi connectivity index (χ1) is 12.7. The van der Waals surface area contributed by atoms with Gasteiger partial charge in [0.2, 0.25) is 5.91 Å². The van der Waals surface area contributed by atoms with Crippen LogP contribution in [0, 0.1) is 11.7 Å². The molecule has 4 rings (SSSR count). The molecule has 2 aliphatic rings. The van der Waals surface area contributed by atoms with Crippen LogP contribution in [0.3, 0.4) is 0 Å². The highest BCUT2D eigenvalue weighted by atomic mass is 19.1. The number of hydrogen-bond donors (Lipinski definition) is 1. The number of amides is 1. The fourth-order valence-corrected chi connectivity index (χ4v) is 4.14. The van der Waals surface area contributed by atoms with Crippen LogP contribution in [0.1, 0.15) is 57.2 Å². The first-order valence-electron chi connectivity index (χ1n) is 9.72. The third-order valence-corrected chi connectivity index (χ3v) is 5.56. The molecule has 2 heterocycles. The van der Waals surface area contributed by atoms with E-state index in [0.29, 0.717) is 12.3 Å². The van der Waals surface area contributed by atoms with Gasteiger partial charge in [0.15, 0.2) is 5.82 Å². The Labute approximate surface area is 153 Å². The molecule has 1 fully saturated rings. The molecule has 5 nitrogen and oxygen atoms in total. The first kappa shape index (κ1) is 17.2. The fraction of sp³-hybridized carbons (Fsp3) is 0.550. The van der Waals surface area contributed by atoms with Crippen molar-refractivity contribution in [2.45, 2.75) is 64.3 Å². The van der Waals surface area contributed by atoms with Crippen molar-refractivity contribution < 1.29 is 9.18 Å². The van der Waals surface area contributed by atoms with Crippen molar-refractivity contribution in [2.24, 2.45) is 5.92 Å². The van der Waals surface area contributed by atoms with E-state index in [1.54, 1.807) is 12.1 Å². The number of aryl methyl sites for hydroxylation is 1. The lowest BCUT2D eigenvalue weighted by Crippen LogP contribution is -2.16. The summed E-state index contributed by atoms with van der Waals surface area (Å²) in [6.07, 6.45) is 9.41. The van der Waals surface area contributed by atoms with Crippen LogP contribution in [0.5, 0.6) is 0 Å². The van der Waals surface area contributed by atoms with Crippen molar-refractivity contribution in [2.75, 3.05) is 5.32 Å². The molecule has 1 N–H and O–H groups in total. The summed E-state index contributed by atoms with van der Waals surface area (Å²) in [4.78, 5) is 12.3. The molecule has 0 saturated heterocycles. The molecule has 0 atom stereocenters. The van der Waals surface area contributed by atoms with Gasteiger partial charge in [-0.25, -0.2) is 4.39 Å². The number of carbonyl (C=O) groups is 1. The smallest absolute Gasteiger partial charge is 0.224 e. The number of nitrogens with one attached hydrogen (secondary N) is 1. The zero-order chi connectivity index (χ0) is 17.9. The molecule has 0 unspecified atom stereocenters. The highest BCUT2D eigenvalue weighted by Crippen LogP contribution is 2.29.